The van der Waals surface area contributed by atoms with Crippen molar-refractivity contribution in [2.45, 2.75) is 31.9 Å². The smallest absolute Gasteiger partial charge is 0.161 e. The lowest BCUT2D eigenvalue weighted by Crippen LogP contribution is -2.29. The molecule has 1 saturated heterocycles. The van der Waals surface area contributed by atoms with Gasteiger partial charge in [0, 0.05) is 19.2 Å². The zero-order valence-corrected chi connectivity index (χ0v) is 11.4. The van der Waals surface area contributed by atoms with E-state index < -0.39 is 0 Å². The van der Waals surface area contributed by atoms with Gasteiger partial charge in [0.2, 0.25) is 0 Å². The van der Waals surface area contributed by atoms with E-state index in [1.54, 1.807) is 0 Å². The van der Waals surface area contributed by atoms with E-state index in [0.717, 1.165) is 43.1 Å². The van der Waals surface area contributed by atoms with Crippen molar-refractivity contribution in [1.82, 2.24) is 5.32 Å². The maximum absolute atomic E-state index is 5.95. The van der Waals surface area contributed by atoms with E-state index in [2.05, 4.69) is 18.3 Å². The Kier molecular flexibility index (Phi) is 3.89. The number of rotatable bonds is 2. The molecule has 2 aliphatic rings. The molecule has 1 N–H and O–H groups in total. The van der Waals surface area contributed by atoms with Crippen molar-refractivity contribution in [2.24, 2.45) is 0 Å². The van der Waals surface area contributed by atoms with Crippen LogP contribution in [0.3, 0.4) is 0 Å². The van der Waals surface area contributed by atoms with Crippen LogP contribution in [-0.2, 0) is 4.74 Å². The molecule has 0 spiro atoms. The molecular formula is C15H21NO3. The first-order chi connectivity index (χ1) is 9.36. The van der Waals surface area contributed by atoms with Crippen molar-refractivity contribution < 1.29 is 14.2 Å². The minimum Gasteiger partial charge on any atom is -0.486 e. The van der Waals surface area contributed by atoms with Gasteiger partial charge in [-0.05, 0) is 30.5 Å². The highest BCUT2D eigenvalue weighted by molar-refractivity contribution is 5.44. The molecule has 0 saturated carbocycles. The molecular weight excluding hydrogens is 242 g/mol. The lowest BCUT2D eigenvalue weighted by molar-refractivity contribution is 0.0658. The predicted molar refractivity (Wildman–Crippen MR) is 72.8 cm³/mol. The van der Waals surface area contributed by atoms with Crippen LogP contribution >= 0.6 is 0 Å². The highest BCUT2D eigenvalue weighted by Crippen LogP contribution is 2.33. The SMILES string of the molecule is CCC1CCOC(c2ccc3c(c2)OCCO3)CN1. The third-order valence-electron chi connectivity index (χ3n) is 3.81. The van der Waals surface area contributed by atoms with Crippen LogP contribution in [0.2, 0.25) is 0 Å². The summed E-state index contributed by atoms with van der Waals surface area (Å²) >= 11 is 0. The lowest BCUT2D eigenvalue weighted by atomic mass is 10.1. The maximum atomic E-state index is 5.95. The second kappa shape index (κ2) is 5.80. The molecule has 2 aliphatic heterocycles. The van der Waals surface area contributed by atoms with E-state index in [-0.39, 0.29) is 6.10 Å². The fourth-order valence-corrected chi connectivity index (χ4v) is 2.61. The molecule has 0 bridgehead atoms. The topological polar surface area (TPSA) is 39.7 Å². The van der Waals surface area contributed by atoms with Crippen LogP contribution in [-0.4, -0.2) is 32.4 Å². The lowest BCUT2D eigenvalue weighted by Gasteiger charge is -2.21. The zero-order chi connectivity index (χ0) is 13.1. The van der Waals surface area contributed by atoms with Gasteiger partial charge in [0.05, 0.1) is 6.10 Å². The van der Waals surface area contributed by atoms with Gasteiger partial charge in [0.1, 0.15) is 13.2 Å². The molecule has 2 unspecified atom stereocenters. The predicted octanol–water partition coefficient (Wildman–Crippen LogP) is 2.29. The minimum absolute atomic E-state index is 0.104. The minimum atomic E-state index is 0.104. The molecule has 0 amide bonds. The summed E-state index contributed by atoms with van der Waals surface area (Å²) in [6.07, 6.45) is 2.33. The van der Waals surface area contributed by atoms with Crippen molar-refractivity contribution in [3.63, 3.8) is 0 Å². The first kappa shape index (κ1) is 12.8. The van der Waals surface area contributed by atoms with Gasteiger partial charge in [-0.15, -0.1) is 0 Å². The monoisotopic (exact) mass is 263 g/mol. The Bertz CT molecular complexity index is 435. The highest BCUT2D eigenvalue weighted by Gasteiger charge is 2.21. The van der Waals surface area contributed by atoms with Gasteiger partial charge in [-0.3, -0.25) is 0 Å². The Morgan fingerprint density at radius 3 is 2.84 bits per heavy atom. The van der Waals surface area contributed by atoms with E-state index in [1.165, 1.54) is 0 Å². The number of hydrogen-bond donors (Lipinski definition) is 1. The van der Waals surface area contributed by atoms with Crippen molar-refractivity contribution in [1.29, 1.82) is 0 Å². The Hall–Kier alpha value is -1.26. The van der Waals surface area contributed by atoms with Gasteiger partial charge in [0.15, 0.2) is 11.5 Å². The maximum Gasteiger partial charge on any atom is 0.161 e. The van der Waals surface area contributed by atoms with E-state index >= 15 is 0 Å². The molecule has 4 heteroatoms. The number of hydrogen-bond acceptors (Lipinski definition) is 4. The van der Waals surface area contributed by atoms with Crippen LogP contribution in [0, 0.1) is 0 Å². The van der Waals surface area contributed by atoms with Crippen LogP contribution < -0.4 is 14.8 Å². The molecule has 1 fully saturated rings. The van der Waals surface area contributed by atoms with Gasteiger partial charge in [-0.25, -0.2) is 0 Å². The molecule has 3 rings (SSSR count). The quantitative estimate of drug-likeness (QED) is 0.888. The van der Waals surface area contributed by atoms with Crippen LogP contribution in [0.5, 0.6) is 11.5 Å². The van der Waals surface area contributed by atoms with Crippen LogP contribution in [0.25, 0.3) is 0 Å². The fraction of sp³-hybridized carbons (Fsp3) is 0.600. The number of ether oxygens (including phenoxy) is 3. The van der Waals surface area contributed by atoms with Gasteiger partial charge >= 0.3 is 0 Å². The third-order valence-corrected chi connectivity index (χ3v) is 3.81. The number of benzene rings is 1. The average Bonchev–Trinajstić information content (AvgIpc) is 2.72. The molecule has 0 radical (unpaired) electrons. The molecule has 2 heterocycles. The largest absolute Gasteiger partial charge is 0.486 e. The summed E-state index contributed by atoms with van der Waals surface area (Å²) in [6.45, 7) is 5.13. The van der Waals surface area contributed by atoms with E-state index in [1.807, 2.05) is 12.1 Å². The molecule has 0 aliphatic carbocycles. The second-order valence-corrected chi connectivity index (χ2v) is 5.06. The van der Waals surface area contributed by atoms with Crippen LogP contribution in [0.15, 0.2) is 18.2 Å². The Labute approximate surface area is 114 Å². The fourth-order valence-electron chi connectivity index (χ4n) is 2.61. The summed E-state index contributed by atoms with van der Waals surface area (Å²) in [6, 6.07) is 6.68. The molecule has 4 nitrogen and oxygen atoms in total. The van der Waals surface area contributed by atoms with Crippen molar-refractivity contribution in [2.75, 3.05) is 26.4 Å². The molecule has 0 aromatic heterocycles. The van der Waals surface area contributed by atoms with Gasteiger partial charge in [0.25, 0.3) is 0 Å². The highest BCUT2D eigenvalue weighted by atomic mass is 16.6. The Morgan fingerprint density at radius 1 is 1.16 bits per heavy atom. The molecule has 104 valence electrons. The molecule has 19 heavy (non-hydrogen) atoms. The normalized spacial score (nSPS) is 26.8. The number of nitrogens with one attached hydrogen (secondary N) is 1. The first-order valence-corrected chi connectivity index (χ1v) is 7.11. The Balaban J connectivity index is 1.74. The Morgan fingerprint density at radius 2 is 2.00 bits per heavy atom. The van der Waals surface area contributed by atoms with E-state index in [4.69, 9.17) is 14.2 Å². The van der Waals surface area contributed by atoms with E-state index in [9.17, 15) is 0 Å². The van der Waals surface area contributed by atoms with Gasteiger partial charge in [-0.2, -0.15) is 0 Å². The zero-order valence-electron chi connectivity index (χ0n) is 11.4. The summed E-state index contributed by atoms with van der Waals surface area (Å²) in [7, 11) is 0. The first-order valence-electron chi connectivity index (χ1n) is 7.11. The van der Waals surface area contributed by atoms with Crippen LogP contribution in [0.1, 0.15) is 31.4 Å². The van der Waals surface area contributed by atoms with E-state index in [0.29, 0.717) is 19.3 Å². The summed E-state index contributed by atoms with van der Waals surface area (Å²) in [5.41, 5.74) is 1.16. The second-order valence-electron chi connectivity index (χ2n) is 5.06. The summed E-state index contributed by atoms with van der Waals surface area (Å²) in [5.74, 6) is 1.67. The van der Waals surface area contributed by atoms with Crippen molar-refractivity contribution >= 4 is 0 Å². The summed E-state index contributed by atoms with van der Waals surface area (Å²) in [4.78, 5) is 0. The molecule has 1 aromatic carbocycles. The van der Waals surface area contributed by atoms with Gasteiger partial charge in [-0.1, -0.05) is 13.0 Å². The van der Waals surface area contributed by atoms with Crippen LogP contribution in [0.4, 0.5) is 0 Å². The molecule has 2 atom stereocenters. The van der Waals surface area contributed by atoms with Crippen molar-refractivity contribution in [3.05, 3.63) is 23.8 Å². The summed E-state index contributed by atoms with van der Waals surface area (Å²) < 4.78 is 17.1. The average molecular weight is 263 g/mol. The summed E-state index contributed by atoms with van der Waals surface area (Å²) in [5, 5.41) is 3.56. The third kappa shape index (κ3) is 2.85. The molecule has 1 aromatic rings. The van der Waals surface area contributed by atoms with Gasteiger partial charge < -0.3 is 19.5 Å². The van der Waals surface area contributed by atoms with Crippen molar-refractivity contribution in [3.8, 4) is 11.5 Å². The standard InChI is InChI=1S/C15H21NO3/c1-2-12-5-6-17-15(10-16-12)11-3-4-13-14(9-11)19-8-7-18-13/h3-4,9,12,15-16H,2,5-8,10H2,1H3. The number of fused-ring (bicyclic) bond motifs is 1.